The van der Waals surface area contributed by atoms with Crippen LogP contribution in [0, 0.1) is 5.82 Å². The molecular weight excluding hydrogens is 278 g/mol. The summed E-state index contributed by atoms with van der Waals surface area (Å²) in [5, 5.41) is 2.94. The number of hydrogen-bond acceptors (Lipinski definition) is 2. The monoisotopic (exact) mass is 284 g/mol. The molecule has 0 spiro atoms. The predicted molar refractivity (Wildman–Crippen MR) is 68.6 cm³/mol. The number of amides is 1. The van der Waals surface area contributed by atoms with Gasteiger partial charge < -0.3 is 5.32 Å². The van der Waals surface area contributed by atoms with Gasteiger partial charge in [-0.25, -0.2) is 4.39 Å². The molecule has 0 fully saturated rings. The van der Waals surface area contributed by atoms with E-state index in [9.17, 15) is 9.18 Å². The summed E-state index contributed by atoms with van der Waals surface area (Å²) in [6, 6.07) is 5.16. The lowest BCUT2D eigenvalue weighted by atomic mass is 10.2. The molecule has 1 amide bonds. The average Bonchev–Trinajstić information content (AvgIpc) is 2.34. The third-order valence-electron chi connectivity index (χ3n) is 2.19. The van der Waals surface area contributed by atoms with Crippen molar-refractivity contribution in [2.24, 2.45) is 0 Å². The Bertz CT molecular complexity index is 604. The topological polar surface area (TPSA) is 42.0 Å². The molecule has 0 saturated carbocycles. The van der Waals surface area contributed by atoms with Crippen LogP contribution in [0.5, 0.6) is 0 Å². The molecule has 0 bridgehead atoms. The fourth-order valence-electron chi connectivity index (χ4n) is 1.34. The summed E-state index contributed by atoms with van der Waals surface area (Å²) in [5.74, 6) is -0.967. The van der Waals surface area contributed by atoms with Gasteiger partial charge in [-0.1, -0.05) is 23.2 Å². The van der Waals surface area contributed by atoms with Crippen molar-refractivity contribution >= 4 is 34.8 Å². The van der Waals surface area contributed by atoms with Crippen LogP contribution >= 0.6 is 23.2 Å². The van der Waals surface area contributed by atoms with E-state index in [2.05, 4.69) is 10.3 Å². The number of benzene rings is 1. The fourth-order valence-corrected chi connectivity index (χ4v) is 1.71. The highest BCUT2D eigenvalue weighted by atomic mass is 35.5. The molecule has 1 heterocycles. The third-order valence-corrected chi connectivity index (χ3v) is 2.82. The molecule has 1 aromatic carbocycles. The van der Waals surface area contributed by atoms with Gasteiger partial charge in [0.15, 0.2) is 0 Å². The quantitative estimate of drug-likeness (QED) is 0.912. The van der Waals surface area contributed by atoms with Crippen LogP contribution in [-0.4, -0.2) is 10.9 Å². The van der Waals surface area contributed by atoms with Crippen molar-refractivity contribution in [3.63, 3.8) is 0 Å². The van der Waals surface area contributed by atoms with E-state index >= 15 is 0 Å². The van der Waals surface area contributed by atoms with Crippen LogP contribution in [0.15, 0.2) is 36.7 Å². The Morgan fingerprint density at radius 1 is 1.22 bits per heavy atom. The summed E-state index contributed by atoms with van der Waals surface area (Å²) in [6.07, 6.45) is 2.79. The van der Waals surface area contributed by atoms with Crippen molar-refractivity contribution < 1.29 is 9.18 Å². The van der Waals surface area contributed by atoms with Crippen LogP contribution in [0.25, 0.3) is 0 Å². The van der Waals surface area contributed by atoms with Gasteiger partial charge in [0.1, 0.15) is 5.82 Å². The molecule has 0 unspecified atom stereocenters. The second kappa shape index (κ2) is 5.33. The highest BCUT2D eigenvalue weighted by molar-refractivity contribution is 6.35. The summed E-state index contributed by atoms with van der Waals surface area (Å²) in [7, 11) is 0. The van der Waals surface area contributed by atoms with E-state index in [1.807, 2.05) is 0 Å². The molecule has 1 N–H and O–H groups in total. The lowest BCUT2D eigenvalue weighted by Gasteiger charge is -2.08. The zero-order valence-corrected chi connectivity index (χ0v) is 10.5. The maximum Gasteiger partial charge on any atom is 0.257 e. The molecule has 2 rings (SSSR count). The molecule has 1 aromatic heterocycles. The Hall–Kier alpha value is -1.65. The van der Waals surface area contributed by atoms with Crippen molar-refractivity contribution in [2.75, 3.05) is 5.32 Å². The first-order chi connectivity index (χ1) is 8.58. The molecule has 3 nitrogen and oxygen atoms in total. The molecule has 0 aliphatic carbocycles. The minimum absolute atomic E-state index is 0.189. The highest BCUT2D eigenvalue weighted by Gasteiger charge is 2.12. The van der Waals surface area contributed by atoms with Gasteiger partial charge in [0.2, 0.25) is 0 Å². The molecule has 18 heavy (non-hydrogen) atoms. The van der Waals surface area contributed by atoms with Gasteiger partial charge in [0, 0.05) is 12.4 Å². The van der Waals surface area contributed by atoms with Crippen LogP contribution in [-0.2, 0) is 0 Å². The number of carbonyl (C=O) groups excluding carboxylic acids is 1. The standard InChI is InChI=1S/C12H7Cl2FN2O/c13-9-2-1-7(15)5-11(9)17-12(18)8-3-4-16-6-10(8)14/h1-6H,(H,17,18). The van der Waals surface area contributed by atoms with Gasteiger partial charge >= 0.3 is 0 Å². The molecule has 6 heteroatoms. The number of anilines is 1. The maximum absolute atomic E-state index is 13.0. The normalized spacial score (nSPS) is 10.2. The van der Waals surface area contributed by atoms with Crippen LogP contribution < -0.4 is 5.32 Å². The molecule has 92 valence electrons. The van der Waals surface area contributed by atoms with Crippen molar-refractivity contribution in [3.8, 4) is 0 Å². The van der Waals surface area contributed by atoms with E-state index in [1.165, 1.54) is 30.6 Å². The zero-order chi connectivity index (χ0) is 13.1. The van der Waals surface area contributed by atoms with E-state index in [0.717, 1.165) is 6.07 Å². The van der Waals surface area contributed by atoms with Gasteiger partial charge in [-0.05, 0) is 24.3 Å². The number of carbonyl (C=O) groups is 1. The lowest BCUT2D eigenvalue weighted by Crippen LogP contribution is -2.13. The first-order valence-electron chi connectivity index (χ1n) is 4.94. The van der Waals surface area contributed by atoms with Crippen molar-refractivity contribution in [1.29, 1.82) is 0 Å². The summed E-state index contributed by atoms with van der Waals surface area (Å²) >= 11 is 11.7. The largest absolute Gasteiger partial charge is 0.320 e. The minimum atomic E-state index is -0.490. The van der Waals surface area contributed by atoms with Gasteiger partial charge in [-0.2, -0.15) is 0 Å². The van der Waals surface area contributed by atoms with Crippen molar-refractivity contribution in [3.05, 3.63) is 58.1 Å². The van der Waals surface area contributed by atoms with E-state index in [1.54, 1.807) is 0 Å². The highest BCUT2D eigenvalue weighted by Crippen LogP contribution is 2.24. The van der Waals surface area contributed by atoms with E-state index in [4.69, 9.17) is 23.2 Å². The zero-order valence-electron chi connectivity index (χ0n) is 8.95. The number of nitrogens with one attached hydrogen (secondary N) is 1. The van der Waals surface area contributed by atoms with Crippen molar-refractivity contribution in [1.82, 2.24) is 4.98 Å². The Balaban J connectivity index is 2.27. The molecule has 0 saturated heterocycles. The van der Waals surface area contributed by atoms with Crippen LogP contribution in [0.3, 0.4) is 0 Å². The summed E-state index contributed by atoms with van der Waals surface area (Å²) < 4.78 is 13.0. The summed E-state index contributed by atoms with van der Waals surface area (Å²) in [6.45, 7) is 0. The molecular formula is C12H7Cl2FN2O. The predicted octanol–water partition coefficient (Wildman–Crippen LogP) is 3.78. The SMILES string of the molecule is O=C(Nc1cc(F)ccc1Cl)c1ccncc1Cl. The molecule has 0 radical (unpaired) electrons. The third kappa shape index (κ3) is 2.78. The van der Waals surface area contributed by atoms with Crippen LogP contribution in [0.4, 0.5) is 10.1 Å². The number of pyridine rings is 1. The van der Waals surface area contributed by atoms with Crippen LogP contribution in [0.1, 0.15) is 10.4 Å². The number of nitrogens with zero attached hydrogens (tertiary/aromatic N) is 1. The summed E-state index contributed by atoms with van der Waals surface area (Å²) in [4.78, 5) is 15.7. The minimum Gasteiger partial charge on any atom is -0.320 e. The van der Waals surface area contributed by atoms with E-state index in [0.29, 0.717) is 0 Å². The number of aromatic nitrogens is 1. The number of rotatable bonds is 2. The molecule has 0 aliphatic rings. The Morgan fingerprint density at radius 3 is 2.72 bits per heavy atom. The molecule has 0 aliphatic heterocycles. The van der Waals surface area contributed by atoms with E-state index in [-0.39, 0.29) is 21.3 Å². The van der Waals surface area contributed by atoms with Gasteiger partial charge in [-0.15, -0.1) is 0 Å². The Morgan fingerprint density at radius 2 is 2.00 bits per heavy atom. The second-order valence-electron chi connectivity index (χ2n) is 3.43. The number of hydrogen-bond donors (Lipinski definition) is 1. The lowest BCUT2D eigenvalue weighted by molar-refractivity contribution is 0.102. The maximum atomic E-state index is 13.0. The second-order valence-corrected chi connectivity index (χ2v) is 4.25. The smallest absolute Gasteiger partial charge is 0.257 e. The summed E-state index contributed by atoms with van der Waals surface area (Å²) in [5.41, 5.74) is 0.432. The Labute approximate surface area is 113 Å². The van der Waals surface area contributed by atoms with Crippen LogP contribution in [0.2, 0.25) is 10.0 Å². The molecule has 0 atom stereocenters. The fraction of sp³-hybridized carbons (Fsp3) is 0. The van der Waals surface area contributed by atoms with Crippen molar-refractivity contribution in [2.45, 2.75) is 0 Å². The van der Waals surface area contributed by atoms with Gasteiger partial charge in [0.25, 0.3) is 5.91 Å². The first kappa shape index (κ1) is 12.8. The average molecular weight is 285 g/mol. The Kier molecular flexibility index (Phi) is 3.79. The van der Waals surface area contributed by atoms with E-state index < -0.39 is 11.7 Å². The number of halogens is 3. The first-order valence-corrected chi connectivity index (χ1v) is 5.69. The van der Waals surface area contributed by atoms with Gasteiger partial charge in [-0.3, -0.25) is 9.78 Å². The molecule has 2 aromatic rings. The van der Waals surface area contributed by atoms with Gasteiger partial charge in [0.05, 0.1) is 21.3 Å².